The summed E-state index contributed by atoms with van der Waals surface area (Å²) in [6.45, 7) is 8.67. The Hall–Kier alpha value is -4.21. The molecule has 0 aliphatic carbocycles. The predicted octanol–water partition coefficient (Wildman–Crippen LogP) is 11.0. The van der Waals surface area contributed by atoms with Crippen molar-refractivity contribution in [2.24, 2.45) is 4.52 Å². The molecule has 0 aliphatic rings. The molecule has 0 radical (unpaired) electrons. The molecule has 3 N–H and O–H groups in total. The third kappa shape index (κ3) is 11.0. The molecule has 0 aliphatic heterocycles. The number of hydrogen-bond donors (Lipinski definition) is 3. The van der Waals surface area contributed by atoms with Crippen molar-refractivity contribution >= 4 is 27.4 Å². The van der Waals surface area contributed by atoms with Crippen LogP contribution in [0.1, 0.15) is 115 Å². The average molecular weight is 650 g/mol. The SMILES string of the molecule is CCCCCCC(C)c1cc(NC(=O)Nc2ccc(Oc3ccc(S(=O)(=O)N=[N+]=[N-])cc3)cc2)cc(C(C)CCCCCC)c1O. The molecule has 10 nitrogen and oxygen atoms in total. The monoisotopic (exact) mass is 649 g/mol. The number of nitrogens with zero attached hydrogens (tertiary/aromatic N) is 3. The lowest BCUT2D eigenvalue weighted by Crippen LogP contribution is -2.19. The van der Waals surface area contributed by atoms with Gasteiger partial charge in [0, 0.05) is 20.8 Å². The topological polar surface area (TPSA) is 153 Å². The van der Waals surface area contributed by atoms with Crippen LogP contribution in [0.3, 0.4) is 0 Å². The lowest BCUT2D eigenvalue weighted by Gasteiger charge is -2.22. The fourth-order valence-electron chi connectivity index (χ4n) is 5.38. The van der Waals surface area contributed by atoms with Crippen LogP contribution >= 0.6 is 0 Å². The number of unbranched alkanes of at least 4 members (excludes halogenated alkanes) is 6. The maximum atomic E-state index is 13.1. The second kappa shape index (κ2) is 18.1. The quantitative estimate of drug-likeness (QED) is 0.0411. The lowest BCUT2D eigenvalue weighted by atomic mass is 9.87. The molecule has 0 heterocycles. The van der Waals surface area contributed by atoms with Crippen molar-refractivity contribution in [3.8, 4) is 17.2 Å². The number of azide groups is 1. The summed E-state index contributed by atoms with van der Waals surface area (Å²) in [5.41, 5.74) is 11.4. The largest absolute Gasteiger partial charge is 0.507 e. The van der Waals surface area contributed by atoms with Gasteiger partial charge in [-0.3, -0.25) is 0 Å². The van der Waals surface area contributed by atoms with E-state index in [4.69, 9.17) is 10.3 Å². The van der Waals surface area contributed by atoms with Gasteiger partial charge in [-0.15, -0.1) is 0 Å². The first-order valence-electron chi connectivity index (χ1n) is 16.2. The molecule has 3 rings (SSSR count). The van der Waals surface area contributed by atoms with Crippen LogP contribution in [-0.4, -0.2) is 19.6 Å². The number of sulfonamides is 1. The highest BCUT2D eigenvalue weighted by Gasteiger charge is 2.20. The number of benzene rings is 3. The Morgan fingerprint density at radius 3 is 1.76 bits per heavy atom. The van der Waals surface area contributed by atoms with E-state index in [1.165, 1.54) is 62.8 Å². The van der Waals surface area contributed by atoms with E-state index < -0.39 is 16.1 Å². The van der Waals surface area contributed by atoms with Crippen LogP contribution in [0.25, 0.3) is 10.4 Å². The molecule has 3 aromatic carbocycles. The molecule has 2 atom stereocenters. The van der Waals surface area contributed by atoms with Gasteiger partial charge in [0.25, 0.3) is 10.0 Å². The van der Waals surface area contributed by atoms with E-state index in [0.717, 1.165) is 36.8 Å². The first-order chi connectivity index (χ1) is 22.1. The maximum absolute atomic E-state index is 13.1. The number of ether oxygens (including phenoxy) is 1. The predicted molar refractivity (Wildman–Crippen MR) is 184 cm³/mol. The zero-order valence-electron chi connectivity index (χ0n) is 27.3. The van der Waals surface area contributed by atoms with Crippen molar-refractivity contribution in [2.45, 2.75) is 109 Å². The number of rotatable bonds is 18. The van der Waals surface area contributed by atoms with Crippen molar-refractivity contribution < 1.29 is 23.1 Å². The minimum atomic E-state index is -4.07. The molecule has 248 valence electrons. The van der Waals surface area contributed by atoms with Gasteiger partial charge < -0.3 is 20.5 Å². The highest BCUT2D eigenvalue weighted by Crippen LogP contribution is 2.40. The van der Waals surface area contributed by atoms with Crippen LogP contribution in [-0.2, 0) is 10.0 Å². The van der Waals surface area contributed by atoms with Crippen molar-refractivity contribution in [3.05, 3.63) is 82.2 Å². The maximum Gasteiger partial charge on any atom is 0.323 e. The Labute approximate surface area is 273 Å². The number of nitrogens with one attached hydrogen (secondary N) is 2. The summed E-state index contributed by atoms with van der Waals surface area (Å²) in [7, 11) is -4.07. The van der Waals surface area contributed by atoms with Gasteiger partial charge in [0.05, 0.1) is 4.90 Å². The minimum Gasteiger partial charge on any atom is -0.507 e. The highest BCUT2D eigenvalue weighted by atomic mass is 32.2. The van der Waals surface area contributed by atoms with E-state index in [-0.39, 0.29) is 16.7 Å². The zero-order chi connectivity index (χ0) is 33.5. The highest BCUT2D eigenvalue weighted by molar-refractivity contribution is 7.90. The van der Waals surface area contributed by atoms with Crippen LogP contribution in [0.4, 0.5) is 16.2 Å². The van der Waals surface area contributed by atoms with Crippen LogP contribution in [0.2, 0.25) is 0 Å². The van der Waals surface area contributed by atoms with Crippen molar-refractivity contribution in [3.63, 3.8) is 0 Å². The molecular formula is C35H47N5O5S. The summed E-state index contributed by atoms with van der Waals surface area (Å²) in [5.74, 6) is 1.53. The molecule has 2 unspecified atom stereocenters. The summed E-state index contributed by atoms with van der Waals surface area (Å²) in [6, 6.07) is 15.6. The Balaban J connectivity index is 1.70. The molecule has 0 aromatic heterocycles. The Kier molecular flexibility index (Phi) is 14.2. The standard InChI is InChI=1S/C35H47N5O5S/c1-5-7-9-11-13-25(3)32-23-28(24-33(34(32)41)26(4)14-12-10-8-6-2)38-35(42)37-27-15-17-29(18-16-27)45-30-19-21-31(22-20-30)46(43,44)40-39-36/h15-26,41H,5-14H2,1-4H3,(H2,37,38,42). The fourth-order valence-corrected chi connectivity index (χ4v) is 6.05. The second-order valence-electron chi connectivity index (χ2n) is 11.8. The van der Waals surface area contributed by atoms with Crippen molar-refractivity contribution in [2.75, 3.05) is 10.6 Å². The van der Waals surface area contributed by atoms with Gasteiger partial charge in [-0.2, -0.15) is 0 Å². The van der Waals surface area contributed by atoms with Gasteiger partial charge in [0.1, 0.15) is 17.2 Å². The number of urea groups is 1. The molecule has 0 fully saturated rings. The van der Waals surface area contributed by atoms with Gasteiger partial charge in [-0.05, 0) is 102 Å². The van der Waals surface area contributed by atoms with Crippen LogP contribution in [0.5, 0.6) is 17.2 Å². The molecule has 0 saturated carbocycles. The number of amides is 2. The number of hydrogen-bond acceptors (Lipinski definition) is 5. The fraction of sp³-hybridized carbons (Fsp3) is 0.457. The minimum absolute atomic E-state index is 0.140. The van der Waals surface area contributed by atoms with E-state index in [1.807, 2.05) is 12.1 Å². The van der Waals surface area contributed by atoms with Crippen LogP contribution < -0.4 is 15.4 Å². The average Bonchev–Trinajstić information content (AvgIpc) is 3.03. The van der Waals surface area contributed by atoms with Gasteiger partial charge in [0.2, 0.25) is 0 Å². The summed E-state index contributed by atoms with van der Waals surface area (Å²) < 4.78 is 32.3. The Morgan fingerprint density at radius 2 is 1.28 bits per heavy atom. The van der Waals surface area contributed by atoms with E-state index in [0.29, 0.717) is 28.6 Å². The van der Waals surface area contributed by atoms with Crippen LogP contribution in [0, 0.1) is 0 Å². The zero-order valence-corrected chi connectivity index (χ0v) is 28.1. The molecule has 0 saturated heterocycles. The Morgan fingerprint density at radius 1 is 0.804 bits per heavy atom. The van der Waals surface area contributed by atoms with Gasteiger partial charge in [-0.1, -0.05) is 79.1 Å². The van der Waals surface area contributed by atoms with E-state index in [9.17, 15) is 18.3 Å². The van der Waals surface area contributed by atoms with Gasteiger partial charge in [-0.25, -0.2) is 13.2 Å². The molecule has 0 bridgehead atoms. The number of aromatic hydroxyl groups is 1. The van der Waals surface area contributed by atoms with Crippen molar-refractivity contribution in [1.29, 1.82) is 0 Å². The lowest BCUT2D eigenvalue weighted by molar-refractivity contribution is 0.262. The first kappa shape index (κ1) is 36.3. The smallest absolute Gasteiger partial charge is 0.323 e. The Bertz CT molecular complexity index is 1530. The van der Waals surface area contributed by atoms with Gasteiger partial charge >= 0.3 is 6.03 Å². The molecule has 11 heteroatoms. The van der Waals surface area contributed by atoms with Crippen LogP contribution in [0.15, 0.2) is 70.1 Å². The molecule has 46 heavy (non-hydrogen) atoms. The number of phenols is 1. The molecular weight excluding hydrogens is 602 g/mol. The third-order valence-electron chi connectivity index (χ3n) is 8.08. The van der Waals surface area contributed by atoms with Crippen molar-refractivity contribution in [1.82, 2.24) is 0 Å². The molecule has 0 spiro atoms. The number of anilines is 2. The van der Waals surface area contributed by atoms with E-state index in [2.05, 4.69) is 47.8 Å². The number of carbonyl (C=O) groups is 1. The summed E-state index contributed by atoms with van der Waals surface area (Å²) in [6.07, 6.45) is 11.2. The number of carbonyl (C=O) groups excluding carboxylic acids is 1. The van der Waals surface area contributed by atoms with Gasteiger partial charge in [0.15, 0.2) is 0 Å². The summed E-state index contributed by atoms with van der Waals surface area (Å²) in [4.78, 5) is 15.3. The van der Waals surface area contributed by atoms with E-state index >= 15 is 0 Å². The normalized spacial score (nSPS) is 12.5. The molecule has 3 aromatic rings. The second-order valence-corrected chi connectivity index (χ2v) is 13.4. The summed E-state index contributed by atoms with van der Waals surface area (Å²) >= 11 is 0. The first-order valence-corrected chi connectivity index (χ1v) is 17.7. The molecule has 2 amide bonds. The third-order valence-corrected chi connectivity index (χ3v) is 9.24. The van der Waals surface area contributed by atoms with E-state index in [1.54, 1.807) is 24.3 Å². The number of phenolic OH excluding ortho intramolecular Hbond substituents is 1. The summed E-state index contributed by atoms with van der Waals surface area (Å²) in [5, 5.41) is 17.2.